The highest BCUT2D eigenvalue weighted by Gasteiger charge is 2.37. The topological polar surface area (TPSA) is 55.7 Å². The predicted octanol–water partition coefficient (Wildman–Crippen LogP) is 2.70. The molecule has 1 saturated carbocycles. The Morgan fingerprint density at radius 3 is 2.50 bits per heavy atom. The van der Waals surface area contributed by atoms with Crippen LogP contribution in [-0.4, -0.2) is 19.4 Å². The molecule has 0 aliphatic heterocycles. The van der Waals surface area contributed by atoms with E-state index in [0.717, 1.165) is 12.8 Å². The zero-order chi connectivity index (χ0) is 12.4. The van der Waals surface area contributed by atoms with Crippen LogP contribution in [0.5, 0.6) is 0 Å². The van der Waals surface area contributed by atoms with Crippen molar-refractivity contribution >= 4 is 15.8 Å². The molecule has 16 heavy (non-hydrogen) atoms. The molecule has 0 aromatic heterocycles. The zero-order valence-electron chi connectivity index (χ0n) is 10.5. The van der Waals surface area contributed by atoms with Crippen LogP contribution in [0.4, 0.5) is 0 Å². The van der Waals surface area contributed by atoms with E-state index in [0.29, 0.717) is 18.6 Å². The summed E-state index contributed by atoms with van der Waals surface area (Å²) in [4.78, 5) is 0. The normalized spacial score (nSPS) is 24.9. The Bertz CT molecular complexity index is 367. The van der Waals surface area contributed by atoms with Crippen molar-refractivity contribution in [2.24, 2.45) is 10.6 Å². The fourth-order valence-corrected chi connectivity index (χ4v) is 3.55. The van der Waals surface area contributed by atoms with Crippen LogP contribution >= 0.6 is 0 Å². The molecule has 0 amide bonds. The van der Waals surface area contributed by atoms with Gasteiger partial charge in [0, 0.05) is 0 Å². The van der Waals surface area contributed by atoms with Gasteiger partial charge in [0.2, 0.25) is 0 Å². The van der Waals surface area contributed by atoms with E-state index in [1.807, 2.05) is 0 Å². The minimum Gasteiger partial charge on any atom is -0.268 e. The maximum Gasteiger partial charge on any atom is 0.331 e. The summed E-state index contributed by atoms with van der Waals surface area (Å²) in [6.07, 6.45) is 3.36. The Balaban J connectivity index is 2.73. The van der Waals surface area contributed by atoms with Crippen molar-refractivity contribution in [3.05, 3.63) is 0 Å². The summed E-state index contributed by atoms with van der Waals surface area (Å²) in [5.74, 6) is 0. The van der Waals surface area contributed by atoms with Crippen molar-refractivity contribution in [3.8, 4) is 0 Å². The van der Waals surface area contributed by atoms with Gasteiger partial charge in [-0.1, -0.05) is 25.4 Å². The molecule has 1 aliphatic rings. The molecule has 5 heteroatoms. The molecule has 4 nitrogen and oxygen atoms in total. The molecule has 1 atom stereocenters. The molecule has 1 unspecified atom stereocenters. The molecular weight excluding hydrogens is 226 g/mol. The van der Waals surface area contributed by atoms with Crippen LogP contribution in [0.25, 0.3) is 0 Å². The minimum atomic E-state index is -3.54. The third-order valence-electron chi connectivity index (χ3n) is 2.89. The van der Waals surface area contributed by atoms with Crippen molar-refractivity contribution < 1.29 is 12.7 Å². The molecule has 0 bridgehead atoms. The highest BCUT2D eigenvalue weighted by molar-refractivity contribution is 7.87. The van der Waals surface area contributed by atoms with Gasteiger partial charge < -0.3 is 0 Å². The second-order valence-corrected chi connectivity index (χ2v) is 7.29. The summed E-state index contributed by atoms with van der Waals surface area (Å²) < 4.78 is 28.4. The Labute approximate surface area is 98.2 Å². The van der Waals surface area contributed by atoms with E-state index < -0.39 is 15.4 Å². The molecule has 1 fully saturated rings. The highest BCUT2D eigenvalue weighted by Crippen LogP contribution is 2.38. The van der Waals surface area contributed by atoms with Crippen molar-refractivity contribution in [1.82, 2.24) is 0 Å². The van der Waals surface area contributed by atoms with Gasteiger partial charge in [-0.25, -0.2) is 0 Å². The van der Waals surface area contributed by atoms with Gasteiger partial charge in [-0.3, -0.25) is 4.28 Å². The number of rotatable bonds is 3. The van der Waals surface area contributed by atoms with Gasteiger partial charge in [0.05, 0.1) is 11.0 Å². The lowest BCUT2D eigenvalue weighted by atomic mass is 9.77. The van der Waals surface area contributed by atoms with Crippen LogP contribution < -0.4 is 0 Å². The minimum absolute atomic E-state index is 0.0876. The number of hydrogen-bond acceptors (Lipinski definition) is 4. The highest BCUT2D eigenvalue weighted by atomic mass is 32.2. The van der Waals surface area contributed by atoms with E-state index in [9.17, 15) is 8.42 Å². The van der Waals surface area contributed by atoms with Gasteiger partial charge in [-0.15, -0.1) is 0 Å². The van der Waals surface area contributed by atoms with Gasteiger partial charge in [-0.2, -0.15) is 8.42 Å². The Kier molecular flexibility index (Phi) is 3.99. The second-order valence-electron chi connectivity index (χ2n) is 5.49. The lowest BCUT2D eigenvalue weighted by molar-refractivity contribution is 0.231. The van der Waals surface area contributed by atoms with Gasteiger partial charge in [0.25, 0.3) is 0 Å². The first kappa shape index (κ1) is 13.5. The average Bonchev–Trinajstić information content (AvgIpc) is 2.13. The van der Waals surface area contributed by atoms with E-state index >= 15 is 0 Å². The first-order valence-electron chi connectivity index (χ1n) is 5.67. The Morgan fingerprint density at radius 2 is 2.00 bits per heavy atom. The number of nitrogens with zero attached hydrogens (tertiary/aromatic N) is 1. The SMILES string of the molecule is CC(C)=NOS(=O)(=O)C1CCCC(C)(C)C1. The van der Waals surface area contributed by atoms with Gasteiger partial charge in [-0.05, 0) is 38.5 Å². The standard InChI is InChI=1S/C11H21NO3S/c1-9(2)12-15-16(13,14)10-6-5-7-11(3,4)8-10/h10H,5-8H2,1-4H3. The Hall–Kier alpha value is -0.580. The molecule has 0 aromatic carbocycles. The third-order valence-corrected chi connectivity index (χ3v) is 4.39. The van der Waals surface area contributed by atoms with E-state index in [1.165, 1.54) is 0 Å². The molecule has 0 N–H and O–H groups in total. The molecule has 0 saturated heterocycles. The average molecular weight is 247 g/mol. The molecule has 1 aliphatic carbocycles. The molecule has 94 valence electrons. The van der Waals surface area contributed by atoms with Gasteiger partial charge >= 0.3 is 10.1 Å². The van der Waals surface area contributed by atoms with Crippen LogP contribution in [-0.2, 0) is 14.4 Å². The van der Waals surface area contributed by atoms with Crippen LogP contribution in [0.1, 0.15) is 53.4 Å². The summed E-state index contributed by atoms with van der Waals surface area (Å²) in [5.41, 5.74) is 0.697. The molecule has 1 rings (SSSR count). The van der Waals surface area contributed by atoms with Crippen molar-refractivity contribution in [3.63, 3.8) is 0 Å². The van der Waals surface area contributed by atoms with E-state index in [-0.39, 0.29) is 5.41 Å². The second kappa shape index (κ2) is 4.73. The van der Waals surface area contributed by atoms with E-state index in [4.69, 9.17) is 0 Å². The van der Waals surface area contributed by atoms with Crippen LogP contribution in [0.2, 0.25) is 0 Å². The summed E-state index contributed by atoms with van der Waals surface area (Å²) in [7, 11) is -3.54. The molecular formula is C11H21NO3S. The van der Waals surface area contributed by atoms with Crippen molar-refractivity contribution in [2.75, 3.05) is 0 Å². The van der Waals surface area contributed by atoms with E-state index in [1.54, 1.807) is 13.8 Å². The molecule has 0 spiro atoms. The van der Waals surface area contributed by atoms with Crippen molar-refractivity contribution in [1.29, 1.82) is 0 Å². The number of hydrogen-bond donors (Lipinski definition) is 0. The predicted molar refractivity (Wildman–Crippen MR) is 64.8 cm³/mol. The van der Waals surface area contributed by atoms with Crippen LogP contribution in [0.3, 0.4) is 0 Å². The first-order chi connectivity index (χ1) is 7.23. The maximum atomic E-state index is 11.8. The lowest BCUT2D eigenvalue weighted by Gasteiger charge is -2.33. The van der Waals surface area contributed by atoms with Crippen LogP contribution in [0.15, 0.2) is 5.16 Å². The molecule has 0 radical (unpaired) electrons. The fourth-order valence-electron chi connectivity index (χ4n) is 2.06. The maximum absolute atomic E-state index is 11.8. The smallest absolute Gasteiger partial charge is 0.268 e. The molecule has 0 heterocycles. The number of oxime groups is 1. The van der Waals surface area contributed by atoms with Crippen molar-refractivity contribution in [2.45, 2.75) is 58.6 Å². The summed E-state index contributed by atoms with van der Waals surface area (Å²) in [5, 5.41) is 3.14. The quantitative estimate of drug-likeness (QED) is 0.569. The fraction of sp³-hybridized carbons (Fsp3) is 0.909. The monoisotopic (exact) mass is 247 g/mol. The third kappa shape index (κ3) is 3.77. The summed E-state index contributed by atoms with van der Waals surface area (Å²) in [6.45, 7) is 7.62. The molecule has 0 aromatic rings. The zero-order valence-corrected chi connectivity index (χ0v) is 11.3. The Morgan fingerprint density at radius 1 is 1.38 bits per heavy atom. The van der Waals surface area contributed by atoms with Crippen LogP contribution in [0, 0.1) is 5.41 Å². The summed E-state index contributed by atoms with van der Waals surface area (Å²) >= 11 is 0. The lowest BCUT2D eigenvalue weighted by Crippen LogP contribution is -2.32. The largest absolute Gasteiger partial charge is 0.331 e. The summed E-state index contributed by atoms with van der Waals surface area (Å²) in [6, 6.07) is 0. The van der Waals surface area contributed by atoms with E-state index in [2.05, 4.69) is 23.3 Å². The first-order valence-corrected chi connectivity index (χ1v) is 7.14. The van der Waals surface area contributed by atoms with Gasteiger partial charge in [0.15, 0.2) is 0 Å². The van der Waals surface area contributed by atoms with Gasteiger partial charge in [0.1, 0.15) is 0 Å².